The van der Waals surface area contributed by atoms with Gasteiger partial charge < -0.3 is 4.74 Å². The minimum atomic E-state index is -2.87. The summed E-state index contributed by atoms with van der Waals surface area (Å²) in [5.74, 6) is -2.11. The molecule has 1 nitrogen and oxygen atoms in total. The van der Waals surface area contributed by atoms with Crippen LogP contribution in [-0.2, 0) is 4.74 Å². The molecular weight excluding hydrogens is 180 g/mol. The van der Waals surface area contributed by atoms with Crippen molar-refractivity contribution in [2.45, 2.75) is 12.4 Å². The van der Waals surface area contributed by atoms with Gasteiger partial charge in [-0.25, -0.2) is 4.39 Å². The van der Waals surface area contributed by atoms with Gasteiger partial charge >= 0.3 is 6.08 Å². The highest BCUT2D eigenvalue weighted by atomic mass is 28.1. The van der Waals surface area contributed by atoms with Crippen LogP contribution in [0.3, 0.4) is 0 Å². The summed E-state index contributed by atoms with van der Waals surface area (Å²) in [6, 6.07) is 0. The first-order valence-electron chi connectivity index (χ1n) is 2.96. The SMILES string of the molecule is CCOC(F)([SiH3])C(F)=C(F)F. The van der Waals surface area contributed by atoms with Gasteiger partial charge in [0.05, 0.1) is 10.2 Å². The molecule has 0 aromatic rings. The van der Waals surface area contributed by atoms with Gasteiger partial charge in [-0.2, -0.15) is 13.2 Å². The highest BCUT2D eigenvalue weighted by Crippen LogP contribution is 2.25. The molecule has 11 heavy (non-hydrogen) atoms. The highest BCUT2D eigenvalue weighted by Gasteiger charge is 2.33. The zero-order valence-corrected chi connectivity index (χ0v) is 8.13. The lowest BCUT2D eigenvalue weighted by molar-refractivity contribution is -0.0614. The Morgan fingerprint density at radius 2 is 1.91 bits per heavy atom. The van der Waals surface area contributed by atoms with Crippen LogP contribution in [0.15, 0.2) is 11.9 Å². The molecule has 0 saturated carbocycles. The predicted octanol–water partition coefficient (Wildman–Crippen LogP) is 1.09. The number of hydrogen-bond acceptors (Lipinski definition) is 1. The van der Waals surface area contributed by atoms with Crippen LogP contribution in [0.1, 0.15) is 6.92 Å². The van der Waals surface area contributed by atoms with Gasteiger partial charge in [0.2, 0.25) is 11.3 Å². The lowest BCUT2D eigenvalue weighted by Gasteiger charge is -2.17. The quantitative estimate of drug-likeness (QED) is 0.476. The largest absolute Gasteiger partial charge is 0.345 e. The molecule has 1 atom stereocenters. The van der Waals surface area contributed by atoms with Crippen molar-refractivity contribution in [2.24, 2.45) is 0 Å². The Hall–Kier alpha value is -0.363. The van der Waals surface area contributed by atoms with E-state index in [9.17, 15) is 17.6 Å². The van der Waals surface area contributed by atoms with E-state index in [-0.39, 0.29) is 6.61 Å². The summed E-state index contributed by atoms with van der Waals surface area (Å²) in [6.45, 7) is 1.26. The molecule has 0 aromatic carbocycles. The Kier molecular flexibility index (Phi) is 3.74. The average Bonchev–Trinajstić information content (AvgIpc) is 1.86. The van der Waals surface area contributed by atoms with Gasteiger partial charge in [0, 0.05) is 6.61 Å². The summed E-state index contributed by atoms with van der Waals surface area (Å²) in [6.07, 6.45) is -2.66. The highest BCUT2D eigenvalue weighted by molar-refractivity contribution is 6.15. The minimum absolute atomic E-state index is 0.138. The van der Waals surface area contributed by atoms with Gasteiger partial charge in [-0.3, -0.25) is 0 Å². The summed E-state index contributed by atoms with van der Waals surface area (Å²) in [5.41, 5.74) is -2.87. The fraction of sp³-hybridized carbons (Fsp3) is 0.600. The van der Waals surface area contributed by atoms with E-state index in [0.29, 0.717) is 0 Å². The molecule has 0 bridgehead atoms. The normalized spacial score (nSPS) is 16.1. The predicted molar refractivity (Wildman–Crippen MR) is 35.8 cm³/mol. The van der Waals surface area contributed by atoms with E-state index in [1.165, 1.54) is 6.92 Å². The molecule has 0 rings (SSSR count). The van der Waals surface area contributed by atoms with E-state index in [4.69, 9.17) is 0 Å². The first-order chi connectivity index (χ1) is 4.91. The third-order valence-electron chi connectivity index (χ3n) is 0.973. The standard InChI is InChI=1S/C5H8F4OSi/c1-2-10-5(9,11)3(6)4(7)8/h2H2,1,11H3. The van der Waals surface area contributed by atoms with Gasteiger partial charge in [0.1, 0.15) is 0 Å². The van der Waals surface area contributed by atoms with Crippen LogP contribution in [0.5, 0.6) is 0 Å². The van der Waals surface area contributed by atoms with Crippen LogP contribution in [-0.4, -0.2) is 22.3 Å². The third kappa shape index (κ3) is 3.02. The van der Waals surface area contributed by atoms with Crippen LogP contribution >= 0.6 is 0 Å². The van der Waals surface area contributed by atoms with Gasteiger partial charge in [0.15, 0.2) is 0 Å². The molecule has 0 aliphatic heterocycles. The van der Waals surface area contributed by atoms with Crippen molar-refractivity contribution in [3.63, 3.8) is 0 Å². The molecule has 0 spiro atoms. The third-order valence-corrected chi connectivity index (χ3v) is 1.70. The maximum atomic E-state index is 12.7. The molecule has 6 heteroatoms. The molecule has 0 radical (unpaired) electrons. The number of ether oxygens (including phenoxy) is 1. The molecule has 66 valence electrons. The maximum Gasteiger partial charge on any atom is 0.307 e. The molecular formula is C5H8F4OSi. The Bertz CT molecular complexity index is 164. The minimum Gasteiger partial charge on any atom is -0.345 e. The molecule has 0 aliphatic rings. The van der Waals surface area contributed by atoms with E-state index < -0.39 is 27.6 Å². The van der Waals surface area contributed by atoms with Crippen molar-refractivity contribution in [1.82, 2.24) is 0 Å². The molecule has 0 aromatic heterocycles. The first-order valence-corrected chi connectivity index (χ1v) is 3.96. The van der Waals surface area contributed by atoms with Crippen molar-refractivity contribution >= 4 is 10.2 Å². The average molecular weight is 188 g/mol. The Morgan fingerprint density at radius 3 is 2.18 bits per heavy atom. The number of alkyl halides is 1. The molecule has 1 unspecified atom stereocenters. The van der Waals surface area contributed by atoms with Crippen molar-refractivity contribution in [1.29, 1.82) is 0 Å². The number of hydrogen-bond donors (Lipinski definition) is 0. The molecule has 0 saturated heterocycles. The Labute approximate surface area is 64.5 Å². The summed E-state index contributed by atoms with van der Waals surface area (Å²) in [4.78, 5) is 0. The van der Waals surface area contributed by atoms with Crippen molar-refractivity contribution in [2.75, 3.05) is 6.61 Å². The monoisotopic (exact) mass is 188 g/mol. The van der Waals surface area contributed by atoms with Gasteiger partial charge in [0.25, 0.3) is 0 Å². The van der Waals surface area contributed by atoms with Crippen LogP contribution in [0.4, 0.5) is 17.6 Å². The molecule has 0 fully saturated rings. The smallest absolute Gasteiger partial charge is 0.307 e. The molecule has 0 aliphatic carbocycles. The van der Waals surface area contributed by atoms with Crippen molar-refractivity contribution < 1.29 is 22.3 Å². The fourth-order valence-corrected chi connectivity index (χ4v) is 0.981. The van der Waals surface area contributed by atoms with Crippen LogP contribution in [0.25, 0.3) is 0 Å². The van der Waals surface area contributed by atoms with Crippen molar-refractivity contribution in [3.05, 3.63) is 11.9 Å². The molecule has 0 heterocycles. The summed E-state index contributed by atoms with van der Waals surface area (Å²) < 4.78 is 51.9. The summed E-state index contributed by atoms with van der Waals surface area (Å²) in [5, 5.41) is 0. The van der Waals surface area contributed by atoms with E-state index >= 15 is 0 Å². The lowest BCUT2D eigenvalue weighted by atomic mass is 10.5. The summed E-state index contributed by atoms with van der Waals surface area (Å²) >= 11 is 0. The van der Waals surface area contributed by atoms with Crippen LogP contribution < -0.4 is 0 Å². The van der Waals surface area contributed by atoms with Gasteiger partial charge in [-0.05, 0) is 6.92 Å². The zero-order chi connectivity index (χ0) is 9.07. The van der Waals surface area contributed by atoms with Crippen molar-refractivity contribution in [3.8, 4) is 0 Å². The number of rotatable bonds is 3. The topological polar surface area (TPSA) is 9.23 Å². The van der Waals surface area contributed by atoms with Crippen LogP contribution in [0, 0.1) is 0 Å². The van der Waals surface area contributed by atoms with E-state index in [2.05, 4.69) is 4.74 Å². The van der Waals surface area contributed by atoms with Gasteiger partial charge in [-0.15, -0.1) is 0 Å². The van der Waals surface area contributed by atoms with Crippen LogP contribution in [0.2, 0.25) is 0 Å². The first kappa shape index (κ1) is 10.6. The summed E-state index contributed by atoms with van der Waals surface area (Å²) in [7, 11) is -0.462. The van der Waals surface area contributed by atoms with Gasteiger partial charge in [-0.1, -0.05) is 0 Å². The second-order valence-electron chi connectivity index (χ2n) is 1.92. The Balaban J connectivity index is 4.42. The lowest BCUT2D eigenvalue weighted by Crippen LogP contribution is -2.28. The molecule has 0 N–H and O–H groups in total. The zero-order valence-electron chi connectivity index (χ0n) is 6.13. The second kappa shape index (κ2) is 3.87. The van der Waals surface area contributed by atoms with E-state index in [1.54, 1.807) is 0 Å². The van der Waals surface area contributed by atoms with E-state index in [0.717, 1.165) is 0 Å². The Morgan fingerprint density at radius 1 is 1.45 bits per heavy atom. The number of halogens is 4. The molecule has 0 amide bonds. The van der Waals surface area contributed by atoms with E-state index in [1.807, 2.05) is 0 Å². The second-order valence-corrected chi connectivity index (χ2v) is 3.21. The maximum absolute atomic E-state index is 12.7. The fourth-order valence-electron chi connectivity index (χ4n) is 0.503.